The van der Waals surface area contributed by atoms with Crippen molar-refractivity contribution in [1.82, 2.24) is 10.2 Å². The molecule has 0 bridgehead atoms. The number of ether oxygens (including phenoxy) is 1. The van der Waals surface area contributed by atoms with Gasteiger partial charge in [-0.15, -0.1) is 11.8 Å². The molecule has 1 rings (SSSR count). The van der Waals surface area contributed by atoms with Crippen LogP contribution in [-0.2, 0) is 9.53 Å². The molecule has 0 aliphatic heterocycles. The van der Waals surface area contributed by atoms with Gasteiger partial charge < -0.3 is 10.1 Å². The molecule has 0 saturated carbocycles. The van der Waals surface area contributed by atoms with E-state index in [1.54, 1.807) is 18.9 Å². The van der Waals surface area contributed by atoms with Crippen LogP contribution in [0.2, 0.25) is 0 Å². The number of aryl methyl sites for hydroxylation is 1. The number of aromatic amines is 1. The largest absolute Gasteiger partial charge is 0.384 e. The third-order valence-corrected chi connectivity index (χ3v) is 3.10. The van der Waals surface area contributed by atoms with Crippen molar-refractivity contribution in [2.45, 2.75) is 13.8 Å². The van der Waals surface area contributed by atoms with E-state index >= 15 is 0 Å². The van der Waals surface area contributed by atoms with E-state index in [9.17, 15) is 4.79 Å². The molecular formula is C10H17N3O2S. The molecule has 0 radical (unpaired) electrons. The number of nitrogens with one attached hydrogen (secondary N) is 2. The number of methoxy groups -OCH3 is 1. The van der Waals surface area contributed by atoms with Gasteiger partial charge in [-0.05, 0) is 13.8 Å². The number of thioether (sulfide) groups is 1. The lowest BCUT2D eigenvalue weighted by Gasteiger charge is -2.03. The highest BCUT2D eigenvalue weighted by Crippen LogP contribution is 2.14. The molecule has 0 atom stereocenters. The summed E-state index contributed by atoms with van der Waals surface area (Å²) in [7, 11) is 1.65. The summed E-state index contributed by atoms with van der Waals surface area (Å²) in [5.41, 5.74) is 1.96. The van der Waals surface area contributed by atoms with Crippen molar-refractivity contribution in [1.29, 1.82) is 0 Å². The van der Waals surface area contributed by atoms with Gasteiger partial charge in [-0.3, -0.25) is 9.89 Å². The highest BCUT2D eigenvalue weighted by Gasteiger charge is 2.08. The fraction of sp³-hybridized carbons (Fsp3) is 0.600. The van der Waals surface area contributed by atoms with Crippen molar-refractivity contribution < 1.29 is 9.53 Å². The molecule has 5 nitrogen and oxygen atoms in total. The Hall–Kier alpha value is -1.01. The second-order valence-corrected chi connectivity index (χ2v) is 4.52. The summed E-state index contributed by atoms with van der Waals surface area (Å²) < 4.78 is 4.89. The molecule has 0 spiro atoms. The van der Waals surface area contributed by atoms with Gasteiger partial charge in [0.05, 0.1) is 12.4 Å². The Morgan fingerprint density at radius 1 is 1.56 bits per heavy atom. The van der Waals surface area contributed by atoms with Crippen molar-refractivity contribution >= 4 is 23.5 Å². The van der Waals surface area contributed by atoms with Crippen molar-refractivity contribution in [3.8, 4) is 0 Å². The maximum absolute atomic E-state index is 11.5. The number of nitrogens with zero attached hydrogens (tertiary/aromatic N) is 1. The van der Waals surface area contributed by atoms with E-state index in [0.717, 1.165) is 17.0 Å². The Labute approximate surface area is 99.3 Å². The number of aromatic nitrogens is 2. The lowest BCUT2D eigenvalue weighted by molar-refractivity contribution is -0.113. The molecular weight excluding hydrogens is 226 g/mol. The van der Waals surface area contributed by atoms with Gasteiger partial charge in [0, 0.05) is 24.1 Å². The number of H-pyrrole nitrogens is 1. The highest BCUT2D eigenvalue weighted by molar-refractivity contribution is 7.99. The number of rotatable bonds is 6. The summed E-state index contributed by atoms with van der Waals surface area (Å²) in [6, 6.07) is 0. The van der Waals surface area contributed by atoms with Crippen LogP contribution >= 0.6 is 11.8 Å². The zero-order valence-electron chi connectivity index (χ0n) is 9.79. The van der Waals surface area contributed by atoms with Gasteiger partial charge >= 0.3 is 0 Å². The number of carbonyl (C=O) groups is 1. The van der Waals surface area contributed by atoms with E-state index in [-0.39, 0.29) is 5.91 Å². The lowest BCUT2D eigenvalue weighted by atomic mass is 10.3. The van der Waals surface area contributed by atoms with E-state index in [4.69, 9.17) is 4.74 Å². The van der Waals surface area contributed by atoms with Crippen LogP contribution in [0.1, 0.15) is 11.3 Å². The topological polar surface area (TPSA) is 67.0 Å². The maximum Gasteiger partial charge on any atom is 0.235 e. The van der Waals surface area contributed by atoms with Crippen molar-refractivity contribution in [3.05, 3.63) is 11.3 Å². The predicted octanol–water partition coefficient (Wildman–Crippen LogP) is 1.34. The zero-order valence-corrected chi connectivity index (χ0v) is 10.6. The van der Waals surface area contributed by atoms with Crippen LogP contribution in [0.15, 0.2) is 0 Å². The van der Waals surface area contributed by atoms with Gasteiger partial charge in [-0.1, -0.05) is 0 Å². The molecule has 1 aromatic rings. The minimum Gasteiger partial charge on any atom is -0.384 e. The summed E-state index contributed by atoms with van der Waals surface area (Å²) in [4.78, 5) is 11.5. The van der Waals surface area contributed by atoms with Gasteiger partial charge in [0.1, 0.15) is 0 Å². The van der Waals surface area contributed by atoms with Crippen molar-refractivity contribution in [2.24, 2.45) is 0 Å². The fourth-order valence-corrected chi connectivity index (χ4v) is 1.77. The first-order chi connectivity index (χ1) is 7.65. The van der Waals surface area contributed by atoms with Crippen molar-refractivity contribution in [2.75, 3.05) is 30.5 Å². The molecule has 0 saturated heterocycles. The molecule has 1 amide bonds. The molecule has 90 valence electrons. The summed E-state index contributed by atoms with van der Waals surface area (Å²) >= 11 is 1.54. The molecule has 6 heteroatoms. The Morgan fingerprint density at radius 3 is 2.88 bits per heavy atom. The van der Waals surface area contributed by atoms with Gasteiger partial charge in [0.15, 0.2) is 5.82 Å². The molecule has 16 heavy (non-hydrogen) atoms. The third kappa shape index (κ3) is 3.86. The summed E-state index contributed by atoms with van der Waals surface area (Å²) in [6.45, 7) is 4.51. The van der Waals surface area contributed by atoms with E-state index in [0.29, 0.717) is 18.2 Å². The first kappa shape index (κ1) is 13.1. The number of hydrogen-bond acceptors (Lipinski definition) is 4. The molecule has 2 N–H and O–H groups in total. The monoisotopic (exact) mass is 243 g/mol. The standard InChI is InChI=1S/C10H17N3O2S/c1-7-8(2)12-13-10(7)11-9(14)6-16-5-4-15-3/h4-6H2,1-3H3,(H2,11,12,13,14). The van der Waals surface area contributed by atoms with Gasteiger partial charge in [-0.2, -0.15) is 5.10 Å². The van der Waals surface area contributed by atoms with Crippen LogP contribution in [0, 0.1) is 13.8 Å². The molecule has 0 unspecified atom stereocenters. The minimum absolute atomic E-state index is 0.0318. The van der Waals surface area contributed by atoms with Gasteiger partial charge in [-0.25, -0.2) is 0 Å². The third-order valence-electron chi connectivity index (χ3n) is 2.18. The van der Waals surface area contributed by atoms with Crippen molar-refractivity contribution in [3.63, 3.8) is 0 Å². The molecule has 1 heterocycles. The normalized spacial score (nSPS) is 10.4. The Balaban J connectivity index is 2.31. The lowest BCUT2D eigenvalue weighted by Crippen LogP contribution is -2.15. The number of anilines is 1. The van der Waals surface area contributed by atoms with E-state index in [1.807, 2.05) is 13.8 Å². The summed E-state index contributed by atoms with van der Waals surface area (Å²) in [5, 5.41) is 9.60. The van der Waals surface area contributed by atoms with Crippen LogP contribution in [-0.4, -0.2) is 41.3 Å². The smallest absolute Gasteiger partial charge is 0.235 e. The number of amides is 1. The highest BCUT2D eigenvalue weighted by atomic mass is 32.2. The molecule has 0 aliphatic rings. The second-order valence-electron chi connectivity index (χ2n) is 3.42. The van der Waals surface area contributed by atoms with Crippen LogP contribution in [0.4, 0.5) is 5.82 Å². The predicted molar refractivity (Wildman–Crippen MR) is 65.9 cm³/mol. The molecule has 1 aromatic heterocycles. The van der Waals surface area contributed by atoms with E-state index in [2.05, 4.69) is 15.5 Å². The first-order valence-corrected chi connectivity index (χ1v) is 6.18. The Kier molecular flexibility index (Phi) is 5.34. The maximum atomic E-state index is 11.5. The van der Waals surface area contributed by atoms with Crippen LogP contribution < -0.4 is 5.32 Å². The summed E-state index contributed by atoms with van der Waals surface area (Å²) in [5.74, 6) is 1.84. The Bertz CT molecular complexity index is 352. The molecule has 0 aromatic carbocycles. The van der Waals surface area contributed by atoms with Crippen LogP contribution in [0.3, 0.4) is 0 Å². The molecule has 0 fully saturated rings. The van der Waals surface area contributed by atoms with Gasteiger partial charge in [0.2, 0.25) is 5.91 Å². The average Bonchev–Trinajstić information content (AvgIpc) is 2.56. The van der Waals surface area contributed by atoms with Gasteiger partial charge in [0.25, 0.3) is 0 Å². The SMILES string of the molecule is COCCSCC(=O)Nc1n[nH]c(C)c1C. The summed E-state index contributed by atoms with van der Waals surface area (Å²) in [6.07, 6.45) is 0. The quantitative estimate of drug-likeness (QED) is 0.740. The van der Waals surface area contributed by atoms with E-state index < -0.39 is 0 Å². The second kappa shape index (κ2) is 6.55. The first-order valence-electron chi connectivity index (χ1n) is 5.03. The zero-order chi connectivity index (χ0) is 12.0. The Morgan fingerprint density at radius 2 is 2.31 bits per heavy atom. The number of carbonyl (C=O) groups excluding carboxylic acids is 1. The fourth-order valence-electron chi connectivity index (χ4n) is 1.08. The minimum atomic E-state index is -0.0318. The van der Waals surface area contributed by atoms with E-state index in [1.165, 1.54) is 0 Å². The number of hydrogen-bond donors (Lipinski definition) is 2. The average molecular weight is 243 g/mol. The van der Waals surface area contributed by atoms with Crippen LogP contribution in [0.25, 0.3) is 0 Å². The van der Waals surface area contributed by atoms with Crippen LogP contribution in [0.5, 0.6) is 0 Å². The molecule has 0 aliphatic carbocycles.